The molecule has 3 aromatic rings. The molecule has 0 fully saturated rings. The Bertz CT molecular complexity index is 1120. The van der Waals surface area contributed by atoms with Gasteiger partial charge >= 0.3 is 6.09 Å². The number of aryl methyl sites for hydroxylation is 3. The van der Waals surface area contributed by atoms with Crippen molar-refractivity contribution in [3.8, 4) is 11.3 Å². The molecule has 32 heavy (non-hydrogen) atoms. The average molecular weight is 447 g/mol. The number of carbonyl (C=O) groups is 2. The van der Waals surface area contributed by atoms with Gasteiger partial charge in [-0.25, -0.2) is 18.6 Å². The fourth-order valence-electron chi connectivity index (χ4n) is 3.18. The van der Waals surface area contributed by atoms with E-state index in [2.05, 4.69) is 9.97 Å². The van der Waals surface area contributed by atoms with Crippen LogP contribution in [-0.4, -0.2) is 33.0 Å². The third-order valence-electron chi connectivity index (χ3n) is 4.64. The van der Waals surface area contributed by atoms with E-state index < -0.39 is 17.9 Å². The molecule has 2 amide bonds. The summed E-state index contributed by atoms with van der Waals surface area (Å²) in [7, 11) is 0. The van der Waals surface area contributed by atoms with Gasteiger partial charge in [0.1, 0.15) is 6.26 Å². The number of rotatable bonds is 8. The van der Waals surface area contributed by atoms with Crippen LogP contribution in [0, 0.1) is 13.8 Å². The zero-order valence-corrected chi connectivity index (χ0v) is 17.9. The minimum atomic E-state index is -2.75. The second-order valence-corrected chi connectivity index (χ2v) is 7.58. The number of benzene rings is 1. The summed E-state index contributed by atoms with van der Waals surface area (Å²) in [5, 5.41) is 9.67. The lowest BCUT2D eigenvalue weighted by Gasteiger charge is -2.13. The number of halogens is 2. The number of imide groups is 1. The monoisotopic (exact) mass is 447 g/mol. The average Bonchev–Trinajstić information content (AvgIpc) is 3.31. The Balaban J connectivity index is 1.83. The topological polar surface area (TPSA) is 110 Å². The zero-order chi connectivity index (χ0) is 23.5. The molecule has 0 unspecified atom stereocenters. The summed E-state index contributed by atoms with van der Waals surface area (Å²) >= 11 is 0. The zero-order valence-electron chi connectivity index (χ0n) is 17.9. The first-order valence-corrected chi connectivity index (χ1v) is 9.99. The molecular weight excluding hydrogens is 424 g/mol. The molecule has 2 heterocycles. The summed E-state index contributed by atoms with van der Waals surface area (Å²) in [6.45, 7) is 4.27. The van der Waals surface area contributed by atoms with Crippen LogP contribution in [0.2, 0.25) is 0 Å². The van der Waals surface area contributed by atoms with Gasteiger partial charge in [0.2, 0.25) is 5.92 Å². The molecule has 0 saturated heterocycles. The van der Waals surface area contributed by atoms with E-state index in [9.17, 15) is 23.5 Å². The van der Waals surface area contributed by atoms with Crippen molar-refractivity contribution in [3.05, 3.63) is 53.6 Å². The number of hydrogen-bond donors (Lipinski definition) is 1. The van der Waals surface area contributed by atoms with Gasteiger partial charge in [-0.3, -0.25) is 4.79 Å². The Hall–Kier alpha value is -3.56. The minimum absolute atomic E-state index is 0.145. The normalized spacial score (nSPS) is 11.5. The van der Waals surface area contributed by atoms with Gasteiger partial charge in [-0.15, -0.1) is 0 Å². The maximum atomic E-state index is 13.1. The highest BCUT2D eigenvalue weighted by Crippen LogP contribution is 2.28. The van der Waals surface area contributed by atoms with Crippen LogP contribution in [0.15, 0.2) is 39.4 Å². The molecule has 0 aliphatic carbocycles. The Morgan fingerprint density at radius 3 is 2.59 bits per heavy atom. The van der Waals surface area contributed by atoms with Crippen molar-refractivity contribution in [2.45, 2.75) is 52.4 Å². The maximum Gasteiger partial charge on any atom is 0.420 e. The van der Waals surface area contributed by atoms with Crippen molar-refractivity contribution in [2.75, 3.05) is 4.90 Å². The van der Waals surface area contributed by atoms with Crippen molar-refractivity contribution in [3.63, 3.8) is 0 Å². The van der Waals surface area contributed by atoms with Crippen LogP contribution in [-0.2, 0) is 6.42 Å². The first kappa shape index (κ1) is 23.1. The number of anilines is 1. The van der Waals surface area contributed by atoms with E-state index in [0.29, 0.717) is 16.9 Å². The van der Waals surface area contributed by atoms with Crippen LogP contribution in [0.5, 0.6) is 0 Å². The van der Waals surface area contributed by atoms with Crippen molar-refractivity contribution in [1.29, 1.82) is 0 Å². The minimum Gasteiger partial charge on any atom is -0.464 e. The number of carboxylic acid groups (broad SMARTS) is 1. The Morgan fingerprint density at radius 2 is 1.94 bits per heavy atom. The number of amides is 2. The number of hydrogen-bond acceptors (Lipinski definition) is 6. The number of nitrogens with zero attached hydrogens (tertiary/aromatic N) is 3. The van der Waals surface area contributed by atoms with Crippen molar-refractivity contribution >= 4 is 17.8 Å². The molecule has 10 heteroatoms. The van der Waals surface area contributed by atoms with Crippen molar-refractivity contribution < 1.29 is 32.3 Å². The highest BCUT2D eigenvalue weighted by atomic mass is 19.3. The Morgan fingerprint density at radius 1 is 1.19 bits per heavy atom. The molecule has 0 radical (unpaired) electrons. The lowest BCUT2D eigenvalue weighted by atomic mass is 10.1. The molecule has 0 bridgehead atoms. The van der Waals surface area contributed by atoms with Crippen LogP contribution < -0.4 is 4.90 Å². The number of oxazole rings is 2. The first-order valence-electron chi connectivity index (χ1n) is 9.99. The molecule has 1 N–H and O–H groups in total. The molecule has 0 aliphatic rings. The SMILES string of the molecule is Cc1cccc(-c2oc(C)nc2C(=O)N(C(=O)O)c2coc(CCCCC(C)(F)F)n2)c1. The van der Waals surface area contributed by atoms with Crippen LogP contribution in [0.1, 0.15) is 54.0 Å². The Labute approximate surface area is 182 Å². The highest BCUT2D eigenvalue weighted by Gasteiger charge is 2.32. The molecule has 0 atom stereocenters. The molecule has 8 nitrogen and oxygen atoms in total. The predicted octanol–water partition coefficient (Wildman–Crippen LogP) is 5.64. The van der Waals surface area contributed by atoms with Gasteiger partial charge in [0.15, 0.2) is 29.1 Å². The van der Waals surface area contributed by atoms with Gasteiger partial charge < -0.3 is 13.9 Å². The molecule has 1 aromatic carbocycles. The quantitative estimate of drug-likeness (QED) is 0.445. The van der Waals surface area contributed by atoms with Crippen molar-refractivity contribution in [1.82, 2.24) is 9.97 Å². The van der Waals surface area contributed by atoms with Gasteiger partial charge in [-0.05, 0) is 32.8 Å². The first-order chi connectivity index (χ1) is 15.0. The van der Waals surface area contributed by atoms with Gasteiger partial charge in [0.25, 0.3) is 5.91 Å². The molecule has 2 aromatic heterocycles. The van der Waals surface area contributed by atoms with E-state index in [1.54, 1.807) is 25.1 Å². The van der Waals surface area contributed by atoms with Gasteiger partial charge in [-0.1, -0.05) is 23.8 Å². The van der Waals surface area contributed by atoms with E-state index in [-0.39, 0.29) is 48.3 Å². The smallest absolute Gasteiger partial charge is 0.420 e. The van der Waals surface area contributed by atoms with E-state index in [0.717, 1.165) is 18.8 Å². The fourth-order valence-corrected chi connectivity index (χ4v) is 3.18. The lowest BCUT2D eigenvalue weighted by molar-refractivity contribution is 0.0104. The molecule has 0 aliphatic heterocycles. The number of carbonyl (C=O) groups excluding carboxylic acids is 1. The molecule has 3 rings (SSSR count). The molecule has 0 saturated carbocycles. The summed E-state index contributed by atoms with van der Waals surface area (Å²) in [6.07, 6.45) is 0.0553. The van der Waals surface area contributed by atoms with E-state index in [4.69, 9.17) is 8.83 Å². The molecule has 0 spiro atoms. The summed E-state index contributed by atoms with van der Waals surface area (Å²) < 4.78 is 36.7. The summed E-state index contributed by atoms with van der Waals surface area (Å²) in [4.78, 5) is 33.6. The number of unbranched alkanes of at least 4 members (excludes halogenated alkanes) is 1. The van der Waals surface area contributed by atoms with E-state index in [1.165, 1.54) is 0 Å². The number of alkyl halides is 2. The third-order valence-corrected chi connectivity index (χ3v) is 4.64. The maximum absolute atomic E-state index is 13.1. The van der Waals surface area contributed by atoms with Crippen LogP contribution in [0.3, 0.4) is 0 Å². The number of aromatic nitrogens is 2. The standard InChI is InChI=1S/C22H23F2N3O5/c1-13-7-6-8-15(11-13)19-18(25-14(2)32-19)20(28)27(21(29)30)16-12-31-17(26-16)9-4-5-10-22(3,23)24/h6-8,11-12H,4-5,9-10H2,1-3H3,(H,29,30). The van der Waals surface area contributed by atoms with E-state index >= 15 is 0 Å². The summed E-state index contributed by atoms with van der Waals surface area (Å²) in [5.41, 5.74) is 1.32. The summed E-state index contributed by atoms with van der Waals surface area (Å²) in [5.74, 6) is -3.45. The van der Waals surface area contributed by atoms with Gasteiger partial charge in [0, 0.05) is 25.3 Å². The van der Waals surface area contributed by atoms with Crippen LogP contribution in [0.25, 0.3) is 11.3 Å². The van der Waals surface area contributed by atoms with Gasteiger partial charge in [-0.2, -0.15) is 9.88 Å². The van der Waals surface area contributed by atoms with Crippen LogP contribution in [0.4, 0.5) is 19.4 Å². The Kier molecular flexibility index (Phi) is 6.71. The highest BCUT2D eigenvalue weighted by molar-refractivity contribution is 6.19. The van der Waals surface area contributed by atoms with Gasteiger partial charge in [0.05, 0.1) is 0 Å². The second-order valence-electron chi connectivity index (χ2n) is 7.58. The fraction of sp³-hybridized carbons (Fsp3) is 0.364. The second kappa shape index (κ2) is 9.29. The third kappa shape index (κ3) is 5.57. The predicted molar refractivity (Wildman–Crippen MR) is 111 cm³/mol. The summed E-state index contributed by atoms with van der Waals surface area (Å²) in [6, 6.07) is 7.17. The van der Waals surface area contributed by atoms with Crippen molar-refractivity contribution in [2.24, 2.45) is 0 Å². The van der Waals surface area contributed by atoms with E-state index in [1.807, 2.05) is 13.0 Å². The molecule has 170 valence electrons. The lowest BCUT2D eigenvalue weighted by Crippen LogP contribution is -2.36. The van der Waals surface area contributed by atoms with Crippen LogP contribution >= 0.6 is 0 Å². The largest absolute Gasteiger partial charge is 0.464 e. The molecular formula is C22H23F2N3O5.